The lowest BCUT2D eigenvalue weighted by Crippen LogP contribution is -2.33. The van der Waals surface area contributed by atoms with E-state index in [0.29, 0.717) is 33.3 Å². The molecular formula is C22H15BrN2O4. The molecule has 6 nitrogen and oxygen atoms in total. The molecule has 144 valence electrons. The van der Waals surface area contributed by atoms with Gasteiger partial charge in [-0.3, -0.25) is 9.89 Å². The largest absolute Gasteiger partial charge is 0.478 e. The van der Waals surface area contributed by atoms with Gasteiger partial charge in [-0.05, 0) is 48.5 Å². The first-order valence-corrected chi connectivity index (χ1v) is 9.43. The zero-order valence-corrected chi connectivity index (χ0v) is 16.6. The number of rotatable bonds is 4. The number of hydrogen-bond donors (Lipinski definition) is 2. The Bertz CT molecular complexity index is 1380. The highest BCUT2D eigenvalue weighted by Gasteiger charge is 2.14. The highest BCUT2D eigenvalue weighted by molar-refractivity contribution is 9.10. The van der Waals surface area contributed by atoms with E-state index in [9.17, 15) is 14.7 Å². The number of furan rings is 1. The number of hydrogen-bond acceptors (Lipinski definition) is 3. The van der Waals surface area contributed by atoms with E-state index in [1.165, 1.54) is 10.7 Å². The molecule has 4 rings (SSSR count). The van der Waals surface area contributed by atoms with E-state index < -0.39 is 5.97 Å². The van der Waals surface area contributed by atoms with E-state index in [1.807, 2.05) is 12.1 Å². The molecule has 0 spiro atoms. The molecule has 0 unspecified atom stereocenters. The molecule has 2 heterocycles. The van der Waals surface area contributed by atoms with Gasteiger partial charge < -0.3 is 9.52 Å². The van der Waals surface area contributed by atoms with Crippen molar-refractivity contribution in [3.8, 4) is 17.0 Å². The lowest BCUT2D eigenvalue weighted by Gasteiger charge is -2.01. The number of carboxylic acids is 1. The van der Waals surface area contributed by atoms with Crippen LogP contribution in [0.4, 0.5) is 0 Å². The Balaban J connectivity index is 1.78. The molecule has 0 atom stereocenters. The summed E-state index contributed by atoms with van der Waals surface area (Å²) in [5, 5.41) is 13.1. The third-order valence-corrected chi connectivity index (χ3v) is 4.96. The minimum atomic E-state index is -1.04. The molecule has 0 fully saturated rings. The second kappa shape index (κ2) is 7.44. The third kappa shape index (κ3) is 3.60. The first kappa shape index (κ1) is 18.8. The van der Waals surface area contributed by atoms with Crippen molar-refractivity contribution < 1.29 is 14.3 Å². The van der Waals surface area contributed by atoms with Crippen molar-refractivity contribution in [1.29, 1.82) is 0 Å². The van der Waals surface area contributed by atoms with Crippen LogP contribution < -0.4 is 16.1 Å². The molecule has 2 aromatic carbocycles. The van der Waals surface area contributed by atoms with E-state index in [0.717, 1.165) is 4.47 Å². The summed E-state index contributed by atoms with van der Waals surface area (Å²) in [7, 11) is 0. The van der Waals surface area contributed by atoms with Gasteiger partial charge in [0.05, 0.1) is 21.8 Å². The molecule has 7 heteroatoms. The highest BCUT2D eigenvalue weighted by Crippen LogP contribution is 2.26. The maximum atomic E-state index is 12.8. The van der Waals surface area contributed by atoms with Crippen LogP contribution in [0.15, 0.2) is 74.3 Å². The second-order valence-electron chi connectivity index (χ2n) is 6.32. The number of nitrogens with one attached hydrogen (secondary N) is 1. The number of carbonyl (C=O) groups is 1. The summed E-state index contributed by atoms with van der Waals surface area (Å²) in [6.45, 7) is 3.91. The summed E-state index contributed by atoms with van der Waals surface area (Å²) in [4.78, 5) is 24.3. The standard InChI is InChI=1S/C22H15BrN2O4/c1-13-19(21(26)25(24-13)15-8-6-14(23)7-9-15)12-16-10-11-20(29-16)17-4-2-3-5-18(17)22(27)28/h2-12,24H,1H2,(H,27,28)/b19-12-. The van der Waals surface area contributed by atoms with Crippen LogP contribution in [0.25, 0.3) is 29.7 Å². The molecule has 0 aliphatic heterocycles. The molecule has 0 amide bonds. The van der Waals surface area contributed by atoms with Gasteiger partial charge in [-0.1, -0.05) is 40.7 Å². The first-order valence-electron chi connectivity index (χ1n) is 8.64. The minimum absolute atomic E-state index is 0.144. The fourth-order valence-electron chi connectivity index (χ4n) is 3.02. The average Bonchev–Trinajstić information content (AvgIpc) is 3.29. The monoisotopic (exact) mass is 450 g/mol. The number of nitrogens with zero attached hydrogens (tertiary/aromatic N) is 1. The lowest BCUT2D eigenvalue weighted by atomic mass is 10.1. The van der Waals surface area contributed by atoms with Gasteiger partial charge in [0.15, 0.2) is 0 Å². The third-order valence-electron chi connectivity index (χ3n) is 4.43. The normalized spacial score (nSPS) is 11.7. The van der Waals surface area contributed by atoms with Crippen LogP contribution in [-0.4, -0.2) is 20.9 Å². The van der Waals surface area contributed by atoms with E-state index in [4.69, 9.17) is 4.42 Å². The van der Waals surface area contributed by atoms with Crippen LogP contribution in [0.3, 0.4) is 0 Å². The van der Waals surface area contributed by atoms with Gasteiger partial charge in [0.2, 0.25) is 0 Å². The first-order chi connectivity index (χ1) is 13.9. The summed E-state index contributed by atoms with van der Waals surface area (Å²) in [5.74, 6) is -0.210. The Hall–Kier alpha value is -3.58. The van der Waals surface area contributed by atoms with Gasteiger partial charge in [0, 0.05) is 10.0 Å². The fourth-order valence-corrected chi connectivity index (χ4v) is 3.28. The number of carboxylic acid groups (broad SMARTS) is 1. The predicted molar refractivity (Wildman–Crippen MR) is 114 cm³/mol. The Morgan fingerprint density at radius 2 is 1.83 bits per heavy atom. The molecule has 0 saturated heterocycles. The number of halogens is 1. The molecular weight excluding hydrogens is 436 g/mol. The van der Waals surface area contributed by atoms with Crippen molar-refractivity contribution in [2.75, 3.05) is 0 Å². The van der Waals surface area contributed by atoms with Gasteiger partial charge in [0.1, 0.15) is 11.5 Å². The summed E-state index contributed by atoms with van der Waals surface area (Å²) in [6, 6.07) is 17.2. The van der Waals surface area contributed by atoms with Gasteiger partial charge in [0.25, 0.3) is 5.56 Å². The topological polar surface area (TPSA) is 88.2 Å². The van der Waals surface area contributed by atoms with Gasteiger partial charge in [-0.15, -0.1) is 0 Å². The number of aromatic carboxylic acids is 1. The Morgan fingerprint density at radius 1 is 1.10 bits per heavy atom. The summed E-state index contributed by atoms with van der Waals surface area (Å²) in [6.07, 6.45) is 1.59. The smallest absolute Gasteiger partial charge is 0.336 e. The molecule has 4 aromatic rings. The zero-order valence-electron chi connectivity index (χ0n) is 15.1. The molecule has 0 radical (unpaired) electrons. The van der Waals surface area contributed by atoms with Crippen molar-refractivity contribution in [3.63, 3.8) is 0 Å². The lowest BCUT2D eigenvalue weighted by molar-refractivity contribution is 0.0697. The van der Waals surface area contributed by atoms with E-state index in [-0.39, 0.29) is 11.1 Å². The number of aromatic amines is 1. The minimum Gasteiger partial charge on any atom is -0.478 e. The van der Waals surface area contributed by atoms with E-state index in [1.54, 1.807) is 48.5 Å². The quantitative estimate of drug-likeness (QED) is 0.499. The molecule has 0 aliphatic carbocycles. The summed E-state index contributed by atoms with van der Waals surface area (Å²) >= 11 is 3.37. The molecule has 2 aromatic heterocycles. The van der Waals surface area contributed by atoms with Crippen molar-refractivity contribution in [2.45, 2.75) is 0 Å². The maximum absolute atomic E-state index is 12.8. The summed E-state index contributed by atoms with van der Waals surface area (Å²) in [5.41, 5.74) is 1.03. The maximum Gasteiger partial charge on any atom is 0.336 e. The fraction of sp³-hybridized carbons (Fsp3) is 0. The van der Waals surface area contributed by atoms with Crippen molar-refractivity contribution in [2.24, 2.45) is 0 Å². The highest BCUT2D eigenvalue weighted by atomic mass is 79.9. The number of benzene rings is 2. The van der Waals surface area contributed by atoms with E-state index in [2.05, 4.69) is 27.6 Å². The van der Waals surface area contributed by atoms with Gasteiger partial charge >= 0.3 is 5.97 Å². The predicted octanol–water partition coefficient (Wildman–Crippen LogP) is 3.13. The Morgan fingerprint density at radius 3 is 2.55 bits per heavy atom. The van der Waals surface area contributed by atoms with Gasteiger partial charge in [-0.25, -0.2) is 9.48 Å². The van der Waals surface area contributed by atoms with Crippen LogP contribution in [0.1, 0.15) is 16.1 Å². The molecule has 29 heavy (non-hydrogen) atoms. The molecule has 0 aliphatic rings. The van der Waals surface area contributed by atoms with Crippen LogP contribution in [0, 0.1) is 0 Å². The number of aromatic nitrogens is 2. The van der Waals surface area contributed by atoms with Crippen LogP contribution in [-0.2, 0) is 0 Å². The molecule has 0 bridgehead atoms. The number of H-pyrrole nitrogens is 1. The summed E-state index contributed by atoms with van der Waals surface area (Å²) < 4.78 is 8.11. The van der Waals surface area contributed by atoms with Crippen molar-refractivity contribution >= 4 is 34.6 Å². The Kier molecular flexibility index (Phi) is 4.82. The molecule has 0 saturated carbocycles. The van der Waals surface area contributed by atoms with Gasteiger partial charge in [-0.2, -0.15) is 0 Å². The van der Waals surface area contributed by atoms with Crippen LogP contribution in [0.5, 0.6) is 0 Å². The zero-order chi connectivity index (χ0) is 20.5. The van der Waals surface area contributed by atoms with Crippen LogP contribution in [0.2, 0.25) is 0 Å². The van der Waals surface area contributed by atoms with E-state index >= 15 is 0 Å². The Labute approximate surface area is 173 Å². The van der Waals surface area contributed by atoms with Crippen LogP contribution >= 0.6 is 15.9 Å². The second-order valence-corrected chi connectivity index (χ2v) is 7.23. The SMILES string of the molecule is C=c1[nH]n(-c2ccc(Br)cc2)c(=O)/c1=C\c1ccc(-c2ccccc2C(=O)O)o1. The molecule has 2 N–H and O–H groups in total. The van der Waals surface area contributed by atoms with Crippen molar-refractivity contribution in [3.05, 3.63) is 97.4 Å². The van der Waals surface area contributed by atoms with Crippen molar-refractivity contribution in [1.82, 2.24) is 9.78 Å². The average molecular weight is 451 g/mol.